The highest BCUT2D eigenvalue weighted by Crippen LogP contribution is 2.33. The van der Waals surface area contributed by atoms with Crippen LogP contribution in [0.15, 0.2) is 83.8 Å². The summed E-state index contributed by atoms with van der Waals surface area (Å²) in [4.78, 5) is 15.0. The van der Waals surface area contributed by atoms with E-state index >= 15 is 0 Å². The number of para-hydroxylation sites is 1. The van der Waals surface area contributed by atoms with Gasteiger partial charge in [-0.05, 0) is 48.7 Å². The summed E-state index contributed by atoms with van der Waals surface area (Å²) < 4.78 is 28.1. The van der Waals surface area contributed by atoms with Crippen molar-refractivity contribution in [2.75, 3.05) is 4.90 Å². The van der Waals surface area contributed by atoms with E-state index in [4.69, 9.17) is 0 Å². The number of benzene rings is 3. The lowest BCUT2D eigenvalue weighted by Gasteiger charge is -2.23. The molecule has 3 aromatic carbocycles. The van der Waals surface area contributed by atoms with Crippen molar-refractivity contribution in [2.24, 2.45) is 0 Å². The molecule has 1 heterocycles. The molecule has 0 saturated heterocycles. The van der Waals surface area contributed by atoms with Crippen molar-refractivity contribution < 1.29 is 13.2 Å². The summed E-state index contributed by atoms with van der Waals surface area (Å²) in [6.45, 7) is 2.19. The summed E-state index contributed by atoms with van der Waals surface area (Å²) in [5.74, 6) is -0.192. The molecule has 0 saturated carbocycles. The molecule has 3 aromatic rings. The van der Waals surface area contributed by atoms with Gasteiger partial charge >= 0.3 is 0 Å². The fraction of sp³-hybridized carbons (Fsp3) is 0.174. The van der Waals surface area contributed by atoms with Gasteiger partial charge in [0.25, 0.3) is 5.91 Å². The van der Waals surface area contributed by atoms with E-state index in [1.54, 1.807) is 17.0 Å². The average molecular weight is 407 g/mol. The number of sulfonamides is 1. The minimum absolute atomic E-state index is 0.0244. The maximum absolute atomic E-state index is 13.2. The lowest BCUT2D eigenvalue weighted by molar-refractivity contribution is 0.0981. The Labute approximate surface area is 171 Å². The molecule has 0 radical (unpaired) electrons. The molecular formula is C23H22N2O3S. The van der Waals surface area contributed by atoms with Crippen LogP contribution < -0.4 is 9.62 Å². The number of hydrogen-bond acceptors (Lipinski definition) is 3. The Morgan fingerprint density at radius 3 is 2.52 bits per heavy atom. The molecule has 1 N–H and O–H groups in total. The summed E-state index contributed by atoms with van der Waals surface area (Å²) in [7, 11) is -3.73. The summed E-state index contributed by atoms with van der Waals surface area (Å²) in [6, 6.07) is 23.4. The SMILES string of the molecule is C[C@@H]1Cc2ccccc2N1C(=O)c1cccc(S(=O)(=O)NCc2ccccc2)c1. The van der Waals surface area contributed by atoms with Crippen molar-refractivity contribution in [3.05, 3.63) is 95.6 Å². The molecule has 0 aliphatic carbocycles. The molecule has 0 spiro atoms. The van der Waals surface area contributed by atoms with Gasteiger partial charge < -0.3 is 4.90 Å². The van der Waals surface area contributed by atoms with E-state index in [-0.39, 0.29) is 23.4 Å². The Morgan fingerprint density at radius 1 is 1.00 bits per heavy atom. The molecule has 0 unspecified atom stereocenters. The standard InChI is InChI=1S/C23H22N2O3S/c1-17-14-19-10-5-6-13-22(19)25(17)23(26)20-11-7-12-21(15-20)29(27,28)24-16-18-8-3-2-4-9-18/h2-13,15,17,24H,14,16H2,1H3/t17-/m1/s1. The van der Waals surface area contributed by atoms with Crippen LogP contribution in [0.25, 0.3) is 0 Å². The number of carbonyl (C=O) groups excluding carboxylic acids is 1. The monoisotopic (exact) mass is 406 g/mol. The number of fused-ring (bicyclic) bond motifs is 1. The van der Waals surface area contributed by atoms with Crippen LogP contribution in [-0.4, -0.2) is 20.4 Å². The minimum atomic E-state index is -3.73. The maximum Gasteiger partial charge on any atom is 0.258 e. The zero-order valence-corrected chi connectivity index (χ0v) is 16.9. The Morgan fingerprint density at radius 2 is 1.72 bits per heavy atom. The van der Waals surface area contributed by atoms with Crippen molar-refractivity contribution in [3.8, 4) is 0 Å². The molecule has 6 heteroatoms. The zero-order valence-electron chi connectivity index (χ0n) is 16.1. The highest BCUT2D eigenvalue weighted by Gasteiger charge is 2.31. The Bertz CT molecular complexity index is 1140. The maximum atomic E-state index is 13.2. The van der Waals surface area contributed by atoms with E-state index in [9.17, 15) is 13.2 Å². The fourth-order valence-electron chi connectivity index (χ4n) is 3.67. The first kappa shape index (κ1) is 19.4. The second-order valence-electron chi connectivity index (χ2n) is 7.19. The molecule has 1 aliphatic heterocycles. The summed E-state index contributed by atoms with van der Waals surface area (Å²) >= 11 is 0. The molecule has 1 aliphatic rings. The van der Waals surface area contributed by atoms with E-state index in [1.807, 2.05) is 61.5 Å². The third-order valence-corrected chi connectivity index (χ3v) is 6.53. The predicted octanol–water partition coefficient (Wildman–Crippen LogP) is 3.76. The van der Waals surface area contributed by atoms with Crippen LogP contribution in [0.1, 0.15) is 28.4 Å². The number of nitrogens with one attached hydrogen (secondary N) is 1. The Kier molecular flexibility index (Phi) is 5.22. The summed E-state index contributed by atoms with van der Waals surface area (Å²) in [5.41, 5.74) is 3.24. The first-order valence-corrected chi connectivity index (χ1v) is 11.0. The van der Waals surface area contributed by atoms with Crippen LogP contribution in [-0.2, 0) is 23.0 Å². The van der Waals surface area contributed by atoms with Gasteiger partial charge in [-0.2, -0.15) is 0 Å². The van der Waals surface area contributed by atoms with Crippen molar-refractivity contribution in [1.82, 2.24) is 4.72 Å². The highest BCUT2D eigenvalue weighted by molar-refractivity contribution is 7.89. The van der Waals surface area contributed by atoms with Crippen molar-refractivity contribution in [1.29, 1.82) is 0 Å². The Hall–Kier alpha value is -2.96. The van der Waals surface area contributed by atoms with Gasteiger partial charge in [-0.1, -0.05) is 54.6 Å². The van der Waals surface area contributed by atoms with Gasteiger partial charge in [-0.15, -0.1) is 0 Å². The molecule has 1 atom stereocenters. The number of anilines is 1. The highest BCUT2D eigenvalue weighted by atomic mass is 32.2. The number of rotatable bonds is 5. The summed E-state index contributed by atoms with van der Waals surface area (Å²) in [5, 5.41) is 0. The molecule has 0 bridgehead atoms. The third kappa shape index (κ3) is 3.95. The first-order chi connectivity index (χ1) is 14.0. The quantitative estimate of drug-likeness (QED) is 0.702. The molecule has 0 aromatic heterocycles. The second kappa shape index (κ2) is 7.81. The van der Waals surface area contributed by atoms with Gasteiger partial charge in [0.05, 0.1) is 4.90 Å². The number of carbonyl (C=O) groups is 1. The van der Waals surface area contributed by atoms with Crippen LogP contribution in [0.5, 0.6) is 0 Å². The fourth-order valence-corrected chi connectivity index (χ4v) is 4.73. The third-order valence-electron chi connectivity index (χ3n) is 5.13. The van der Waals surface area contributed by atoms with Gasteiger partial charge in [0.1, 0.15) is 0 Å². The predicted molar refractivity (Wildman–Crippen MR) is 113 cm³/mol. The van der Waals surface area contributed by atoms with Crippen LogP contribution in [0.2, 0.25) is 0 Å². The first-order valence-electron chi connectivity index (χ1n) is 9.51. The van der Waals surface area contributed by atoms with E-state index in [1.165, 1.54) is 12.1 Å². The van der Waals surface area contributed by atoms with Gasteiger partial charge in [0.15, 0.2) is 0 Å². The van der Waals surface area contributed by atoms with Crippen LogP contribution in [0.3, 0.4) is 0 Å². The van der Waals surface area contributed by atoms with Gasteiger partial charge in [0, 0.05) is 23.8 Å². The second-order valence-corrected chi connectivity index (χ2v) is 8.96. The lowest BCUT2D eigenvalue weighted by atomic mass is 10.1. The topological polar surface area (TPSA) is 66.5 Å². The summed E-state index contributed by atoms with van der Waals surface area (Å²) in [6.07, 6.45) is 0.790. The largest absolute Gasteiger partial charge is 0.305 e. The van der Waals surface area contributed by atoms with Crippen LogP contribution >= 0.6 is 0 Å². The Balaban J connectivity index is 1.58. The van der Waals surface area contributed by atoms with Gasteiger partial charge in [-0.25, -0.2) is 13.1 Å². The molecule has 1 amide bonds. The van der Waals surface area contributed by atoms with E-state index < -0.39 is 10.0 Å². The van der Waals surface area contributed by atoms with Crippen molar-refractivity contribution in [3.63, 3.8) is 0 Å². The van der Waals surface area contributed by atoms with E-state index in [0.29, 0.717) is 5.56 Å². The van der Waals surface area contributed by atoms with Crippen LogP contribution in [0, 0.1) is 0 Å². The number of hydrogen-bond donors (Lipinski definition) is 1. The van der Waals surface area contributed by atoms with Crippen molar-refractivity contribution in [2.45, 2.75) is 30.8 Å². The zero-order chi connectivity index (χ0) is 20.4. The van der Waals surface area contributed by atoms with Crippen molar-refractivity contribution >= 4 is 21.6 Å². The van der Waals surface area contributed by atoms with Crippen LogP contribution in [0.4, 0.5) is 5.69 Å². The molecule has 0 fully saturated rings. The van der Waals surface area contributed by atoms with E-state index in [2.05, 4.69) is 4.72 Å². The van der Waals surface area contributed by atoms with Gasteiger partial charge in [-0.3, -0.25) is 4.79 Å². The number of amides is 1. The molecule has 148 valence electrons. The van der Waals surface area contributed by atoms with Gasteiger partial charge in [0.2, 0.25) is 10.0 Å². The molecule has 29 heavy (non-hydrogen) atoms. The average Bonchev–Trinajstić information content (AvgIpc) is 3.08. The van der Waals surface area contributed by atoms with E-state index in [0.717, 1.165) is 23.2 Å². The normalized spacial score (nSPS) is 15.9. The molecule has 5 nitrogen and oxygen atoms in total. The molecule has 4 rings (SSSR count). The number of nitrogens with zero attached hydrogens (tertiary/aromatic N) is 1. The smallest absolute Gasteiger partial charge is 0.258 e. The lowest BCUT2D eigenvalue weighted by Crippen LogP contribution is -2.35. The minimum Gasteiger partial charge on any atom is -0.305 e. The molecular weight excluding hydrogens is 384 g/mol.